The number of ether oxygens (including phenoxy) is 1. The van der Waals surface area contributed by atoms with Crippen molar-refractivity contribution in [2.75, 3.05) is 19.7 Å². The van der Waals surface area contributed by atoms with E-state index in [-0.39, 0.29) is 6.10 Å². The van der Waals surface area contributed by atoms with E-state index in [9.17, 15) is 0 Å². The largest absolute Gasteiger partial charge is 0.372 e. The molecule has 0 aliphatic carbocycles. The highest BCUT2D eigenvalue weighted by atomic mass is 16.5. The van der Waals surface area contributed by atoms with E-state index in [1.807, 2.05) is 0 Å². The fraction of sp³-hybridized carbons (Fsp3) is 0.600. The molecule has 2 atom stereocenters. The predicted octanol–water partition coefficient (Wildman–Crippen LogP) is 3.11. The summed E-state index contributed by atoms with van der Waals surface area (Å²) in [7, 11) is 0. The maximum atomic E-state index is 5.94. The van der Waals surface area contributed by atoms with E-state index < -0.39 is 0 Å². The van der Waals surface area contributed by atoms with Crippen LogP contribution in [-0.2, 0) is 4.74 Å². The predicted molar refractivity (Wildman–Crippen MR) is 71.3 cm³/mol. The summed E-state index contributed by atoms with van der Waals surface area (Å²) >= 11 is 0. The summed E-state index contributed by atoms with van der Waals surface area (Å²) in [5.74, 6) is 1.20. The molecule has 1 aromatic rings. The Hall–Kier alpha value is -0.860. The second-order valence-electron chi connectivity index (χ2n) is 5.41. The van der Waals surface area contributed by atoms with Crippen molar-refractivity contribution in [1.29, 1.82) is 0 Å². The molecule has 1 aromatic carbocycles. The third-order valence-electron chi connectivity index (χ3n) is 3.38. The van der Waals surface area contributed by atoms with E-state index in [0.29, 0.717) is 11.8 Å². The van der Waals surface area contributed by atoms with Crippen LogP contribution < -0.4 is 5.32 Å². The highest BCUT2D eigenvalue weighted by Crippen LogP contribution is 2.22. The Kier molecular flexibility index (Phi) is 4.19. The van der Waals surface area contributed by atoms with Crippen LogP contribution in [0.4, 0.5) is 0 Å². The topological polar surface area (TPSA) is 21.3 Å². The van der Waals surface area contributed by atoms with Gasteiger partial charge in [0.25, 0.3) is 0 Å². The average Bonchev–Trinajstić information content (AvgIpc) is 2.54. The first-order chi connectivity index (χ1) is 8.16. The van der Waals surface area contributed by atoms with Crippen molar-refractivity contribution >= 4 is 0 Å². The lowest BCUT2D eigenvalue weighted by Crippen LogP contribution is -2.22. The highest BCUT2D eigenvalue weighted by Gasteiger charge is 2.17. The first-order valence-corrected chi connectivity index (χ1v) is 6.59. The van der Waals surface area contributed by atoms with Crippen LogP contribution in [0.1, 0.15) is 43.9 Å². The van der Waals surface area contributed by atoms with Crippen LogP contribution in [0.3, 0.4) is 0 Å². The molecular weight excluding hydrogens is 210 g/mol. The molecule has 0 radical (unpaired) electrons. The summed E-state index contributed by atoms with van der Waals surface area (Å²) in [5, 5.41) is 3.46. The van der Waals surface area contributed by atoms with E-state index in [1.165, 1.54) is 11.1 Å². The second kappa shape index (κ2) is 5.65. The van der Waals surface area contributed by atoms with Crippen LogP contribution in [0.15, 0.2) is 24.3 Å². The summed E-state index contributed by atoms with van der Waals surface area (Å²) in [6.07, 6.45) is 0.209. The van der Waals surface area contributed by atoms with Gasteiger partial charge in [0.1, 0.15) is 0 Å². The number of benzene rings is 1. The molecule has 0 bridgehead atoms. The van der Waals surface area contributed by atoms with Crippen LogP contribution in [0.25, 0.3) is 0 Å². The molecule has 0 amide bonds. The Labute approximate surface area is 104 Å². The molecule has 1 aliphatic rings. The van der Waals surface area contributed by atoms with Gasteiger partial charge < -0.3 is 10.1 Å². The minimum Gasteiger partial charge on any atom is -0.372 e. The molecule has 0 aromatic heterocycles. The van der Waals surface area contributed by atoms with Gasteiger partial charge in [-0.3, -0.25) is 0 Å². The SMILES string of the molecule is CC1CNCC(c2ccc(C(C)C)cc2)OC1. The van der Waals surface area contributed by atoms with Gasteiger partial charge in [0.15, 0.2) is 0 Å². The van der Waals surface area contributed by atoms with Crippen LogP contribution in [0, 0.1) is 5.92 Å². The Bertz CT molecular complexity index is 344. The molecule has 1 saturated heterocycles. The van der Waals surface area contributed by atoms with Crippen molar-refractivity contribution in [2.45, 2.75) is 32.8 Å². The zero-order chi connectivity index (χ0) is 12.3. The summed E-state index contributed by atoms with van der Waals surface area (Å²) in [4.78, 5) is 0. The first kappa shape index (κ1) is 12.6. The summed E-state index contributed by atoms with van der Waals surface area (Å²) in [6, 6.07) is 8.85. The molecule has 1 N–H and O–H groups in total. The van der Waals surface area contributed by atoms with Crippen LogP contribution in [0.5, 0.6) is 0 Å². The van der Waals surface area contributed by atoms with Crippen molar-refractivity contribution in [1.82, 2.24) is 5.32 Å². The zero-order valence-electron chi connectivity index (χ0n) is 11.1. The molecule has 0 saturated carbocycles. The molecule has 1 fully saturated rings. The van der Waals surface area contributed by atoms with E-state index in [4.69, 9.17) is 4.74 Å². The van der Waals surface area contributed by atoms with Crippen molar-refractivity contribution in [3.8, 4) is 0 Å². The van der Waals surface area contributed by atoms with Gasteiger partial charge in [-0.15, -0.1) is 0 Å². The fourth-order valence-electron chi connectivity index (χ4n) is 2.17. The van der Waals surface area contributed by atoms with Crippen LogP contribution >= 0.6 is 0 Å². The summed E-state index contributed by atoms with van der Waals surface area (Å²) in [5.41, 5.74) is 2.68. The smallest absolute Gasteiger partial charge is 0.0949 e. The Balaban J connectivity index is 2.06. The lowest BCUT2D eigenvalue weighted by Gasteiger charge is -2.16. The fourth-order valence-corrected chi connectivity index (χ4v) is 2.17. The zero-order valence-corrected chi connectivity index (χ0v) is 11.1. The monoisotopic (exact) mass is 233 g/mol. The third kappa shape index (κ3) is 3.30. The van der Waals surface area contributed by atoms with Gasteiger partial charge in [0.2, 0.25) is 0 Å². The molecule has 17 heavy (non-hydrogen) atoms. The Morgan fingerprint density at radius 1 is 1.18 bits per heavy atom. The molecule has 0 spiro atoms. The van der Waals surface area contributed by atoms with Gasteiger partial charge in [-0.25, -0.2) is 0 Å². The third-order valence-corrected chi connectivity index (χ3v) is 3.38. The average molecular weight is 233 g/mol. The van der Waals surface area contributed by atoms with E-state index in [2.05, 4.69) is 50.4 Å². The van der Waals surface area contributed by atoms with Crippen molar-refractivity contribution < 1.29 is 4.74 Å². The molecule has 2 rings (SSSR count). The molecular formula is C15H23NO. The lowest BCUT2D eigenvalue weighted by atomic mass is 10.00. The van der Waals surface area contributed by atoms with Crippen molar-refractivity contribution in [2.24, 2.45) is 5.92 Å². The molecule has 2 nitrogen and oxygen atoms in total. The van der Waals surface area contributed by atoms with Crippen molar-refractivity contribution in [3.63, 3.8) is 0 Å². The minimum absolute atomic E-state index is 0.209. The van der Waals surface area contributed by atoms with Crippen molar-refractivity contribution in [3.05, 3.63) is 35.4 Å². The summed E-state index contributed by atoms with van der Waals surface area (Å²) in [6.45, 7) is 9.49. The Morgan fingerprint density at radius 3 is 2.53 bits per heavy atom. The maximum absolute atomic E-state index is 5.94. The maximum Gasteiger partial charge on any atom is 0.0949 e. The molecule has 2 unspecified atom stereocenters. The van der Waals surface area contributed by atoms with Gasteiger partial charge in [0, 0.05) is 13.1 Å². The van der Waals surface area contributed by atoms with Crippen LogP contribution in [-0.4, -0.2) is 19.7 Å². The molecule has 2 heteroatoms. The van der Waals surface area contributed by atoms with Gasteiger partial charge in [0.05, 0.1) is 12.7 Å². The van der Waals surface area contributed by atoms with Crippen LogP contribution in [0.2, 0.25) is 0 Å². The van der Waals surface area contributed by atoms with Gasteiger partial charge in [-0.05, 0) is 23.0 Å². The standard InChI is InChI=1S/C15H23NO/c1-11(2)13-4-6-14(7-5-13)15-9-16-8-12(3)10-17-15/h4-7,11-12,15-16H,8-10H2,1-3H3. The normalized spacial score (nSPS) is 25.9. The molecule has 1 aliphatic heterocycles. The van der Waals surface area contributed by atoms with E-state index in [1.54, 1.807) is 0 Å². The number of rotatable bonds is 2. The van der Waals surface area contributed by atoms with Gasteiger partial charge in [-0.2, -0.15) is 0 Å². The number of hydrogen-bond donors (Lipinski definition) is 1. The van der Waals surface area contributed by atoms with Gasteiger partial charge >= 0.3 is 0 Å². The van der Waals surface area contributed by atoms with E-state index in [0.717, 1.165) is 19.7 Å². The quantitative estimate of drug-likeness (QED) is 0.847. The second-order valence-corrected chi connectivity index (χ2v) is 5.41. The molecule has 94 valence electrons. The molecule has 1 heterocycles. The summed E-state index contributed by atoms with van der Waals surface area (Å²) < 4.78 is 5.94. The lowest BCUT2D eigenvalue weighted by molar-refractivity contribution is 0.0515. The van der Waals surface area contributed by atoms with E-state index >= 15 is 0 Å². The first-order valence-electron chi connectivity index (χ1n) is 6.59. The number of hydrogen-bond acceptors (Lipinski definition) is 2. The Morgan fingerprint density at radius 2 is 1.88 bits per heavy atom. The minimum atomic E-state index is 0.209. The number of nitrogens with one attached hydrogen (secondary N) is 1. The highest BCUT2D eigenvalue weighted by molar-refractivity contribution is 5.26. The van der Waals surface area contributed by atoms with Gasteiger partial charge in [-0.1, -0.05) is 45.0 Å².